The summed E-state index contributed by atoms with van der Waals surface area (Å²) in [6.45, 7) is 5.55. The molecule has 2 aromatic carbocycles. The van der Waals surface area contributed by atoms with Gasteiger partial charge in [0.15, 0.2) is 5.78 Å². The van der Waals surface area contributed by atoms with Crippen LogP contribution in [0.25, 0.3) is 32.9 Å². The molecule has 31 heavy (non-hydrogen) atoms. The Morgan fingerprint density at radius 3 is 2.71 bits per heavy atom. The highest BCUT2D eigenvalue weighted by Crippen LogP contribution is 2.30. The number of hydrogen-bond acceptors (Lipinski definition) is 3. The number of nitrogens with one attached hydrogen (secondary N) is 2. The van der Waals surface area contributed by atoms with Gasteiger partial charge in [-0.1, -0.05) is 50.6 Å². The van der Waals surface area contributed by atoms with E-state index in [9.17, 15) is 9.59 Å². The largest absolute Gasteiger partial charge is 0.361 e. The fraction of sp³-hybridized carbons (Fsp3) is 0.269. The number of Topliss-reactive ketones (excluding diaryl/α,β-unsaturated/α-hetero) is 1. The van der Waals surface area contributed by atoms with Gasteiger partial charge in [0.1, 0.15) is 0 Å². The SMILES string of the molecule is CC[C@H](C)[C@H](NC(=O)Cc1c[nH]c2ccc(-c3cccc4cccnc34)cc12)C(C)=O. The molecule has 0 unspecified atom stereocenters. The van der Waals surface area contributed by atoms with Crippen LogP contribution in [-0.4, -0.2) is 27.7 Å². The molecule has 0 saturated heterocycles. The topological polar surface area (TPSA) is 74.8 Å². The first-order valence-electron chi connectivity index (χ1n) is 10.7. The van der Waals surface area contributed by atoms with Crippen LogP contribution in [0.1, 0.15) is 32.8 Å². The van der Waals surface area contributed by atoms with E-state index >= 15 is 0 Å². The van der Waals surface area contributed by atoms with Crippen LogP contribution < -0.4 is 5.32 Å². The number of pyridine rings is 1. The second kappa shape index (κ2) is 8.72. The van der Waals surface area contributed by atoms with Crippen molar-refractivity contribution in [3.05, 3.63) is 66.5 Å². The smallest absolute Gasteiger partial charge is 0.225 e. The van der Waals surface area contributed by atoms with Crippen molar-refractivity contribution in [1.29, 1.82) is 0 Å². The predicted octanol–water partition coefficient (Wildman–Crippen LogP) is 5.05. The van der Waals surface area contributed by atoms with Crippen LogP contribution in [0.3, 0.4) is 0 Å². The lowest BCUT2D eigenvalue weighted by Gasteiger charge is -2.21. The Labute approximate surface area is 181 Å². The molecule has 4 aromatic rings. The van der Waals surface area contributed by atoms with E-state index < -0.39 is 6.04 Å². The lowest BCUT2D eigenvalue weighted by atomic mass is 9.95. The number of aromatic nitrogens is 2. The molecular weight excluding hydrogens is 386 g/mol. The zero-order valence-electron chi connectivity index (χ0n) is 18.1. The summed E-state index contributed by atoms with van der Waals surface area (Å²) in [5.41, 5.74) is 4.96. The third-order valence-corrected chi connectivity index (χ3v) is 6.03. The van der Waals surface area contributed by atoms with Gasteiger partial charge < -0.3 is 10.3 Å². The molecule has 0 saturated carbocycles. The molecular formula is C26H27N3O2. The summed E-state index contributed by atoms with van der Waals surface area (Å²) in [6, 6.07) is 15.9. The molecule has 0 aliphatic rings. The molecule has 0 bridgehead atoms. The van der Waals surface area contributed by atoms with E-state index in [-0.39, 0.29) is 24.0 Å². The summed E-state index contributed by atoms with van der Waals surface area (Å²) in [7, 11) is 0. The Kier molecular flexibility index (Phi) is 5.85. The first-order valence-corrected chi connectivity index (χ1v) is 10.7. The molecule has 5 heteroatoms. The van der Waals surface area contributed by atoms with Gasteiger partial charge in [-0.25, -0.2) is 0 Å². The second-order valence-electron chi connectivity index (χ2n) is 8.17. The Morgan fingerprint density at radius 2 is 1.94 bits per heavy atom. The van der Waals surface area contributed by atoms with Crippen molar-refractivity contribution >= 4 is 33.5 Å². The Morgan fingerprint density at radius 1 is 1.13 bits per heavy atom. The van der Waals surface area contributed by atoms with Crippen molar-refractivity contribution in [2.75, 3.05) is 0 Å². The van der Waals surface area contributed by atoms with E-state index in [0.717, 1.165) is 44.9 Å². The van der Waals surface area contributed by atoms with Crippen LogP contribution in [0.15, 0.2) is 60.9 Å². The Balaban J connectivity index is 1.65. The summed E-state index contributed by atoms with van der Waals surface area (Å²) in [5, 5.41) is 5.02. The third-order valence-electron chi connectivity index (χ3n) is 6.03. The van der Waals surface area contributed by atoms with E-state index in [2.05, 4.69) is 45.6 Å². The van der Waals surface area contributed by atoms with Gasteiger partial charge in [0, 0.05) is 34.2 Å². The molecule has 0 spiro atoms. The molecule has 0 radical (unpaired) electrons. The molecule has 2 heterocycles. The molecule has 2 atom stereocenters. The van der Waals surface area contributed by atoms with Crippen LogP contribution >= 0.6 is 0 Å². The summed E-state index contributed by atoms with van der Waals surface area (Å²) in [5.74, 6) is -0.0408. The van der Waals surface area contributed by atoms with E-state index in [4.69, 9.17) is 0 Å². The van der Waals surface area contributed by atoms with E-state index in [1.165, 1.54) is 6.92 Å². The summed E-state index contributed by atoms with van der Waals surface area (Å²) >= 11 is 0. The number of fused-ring (bicyclic) bond motifs is 2. The average Bonchev–Trinajstić information content (AvgIpc) is 3.18. The summed E-state index contributed by atoms with van der Waals surface area (Å²) < 4.78 is 0. The maximum absolute atomic E-state index is 12.7. The highest BCUT2D eigenvalue weighted by Gasteiger charge is 2.23. The number of ketones is 1. The summed E-state index contributed by atoms with van der Waals surface area (Å²) in [6.07, 6.45) is 4.73. The number of aromatic amines is 1. The fourth-order valence-corrected chi connectivity index (χ4v) is 4.11. The van der Waals surface area contributed by atoms with Gasteiger partial charge in [-0.05, 0) is 42.2 Å². The van der Waals surface area contributed by atoms with Crippen LogP contribution in [-0.2, 0) is 16.0 Å². The number of para-hydroxylation sites is 1. The maximum Gasteiger partial charge on any atom is 0.225 e. The van der Waals surface area contributed by atoms with Crippen molar-refractivity contribution in [2.24, 2.45) is 5.92 Å². The zero-order chi connectivity index (χ0) is 22.0. The van der Waals surface area contributed by atoms with Crippen LogP contribution in [0.2, 0.25) is 0 Å². The van der Waals surface area contributed by atoms with E-state index in [1.807, 2.05) is 38.2 Å². The molecule has 2 N–H and O–H groups in total. The van der Waals surface area contributed by atoms with Crippen molar-refractivity contribution < 1.29 is 9.59 Å². The van der Waals surface area contributed by atoms with Gasteiger partial charge in [0.2, 0.25) is 5.91 Å². The number of hydrogen-bond donors (Lipinski definition) is 2. The average molecular weight is 414 g/mol. The number of carbonyl (C=O) groups is 2. The Bertz CT molecular complexity index is 1250. The molecule has 2 aromatic heterocycles. The highest BCUT2D eigenvalue weighted by atomic mass is 16.2. The number of H-pyrrole nitrogens is 1. The number of carbonyl (C=O) groups excluding carboxylic acids is 2. The van der Waals surface area contributed by atoms with Crippen LogP contribution in [0, 0.1) is 5.92 Å². The van der Waals surface area contributed by atoms with Gasteiger partial charge in [-0.15, -0.1) is 0 Å². The van der Waals surface area contributed by atoms with Crippen LogP contribution in [0.4, 0.5) is 0 Å². The normalized spacial score (nSPS) is 13.3. The van der Waals surface area contributed by atoms with Crippen molar-refractivity contribution in [1.82, 2.24) is 15.3 Å². The van der Waals surface area contributed by atoms with E-state index in [1.54, 1.807) is 6.20 Å². The molecule has 0 fully saturated rings. The van der Waals surface area contributed by atoms with Crippen molar-refractivity contribution in [3.63, 3.8) is 0 Å². The van der Waals surface area contributed by atoms with Gasteiger partial charge in [0.05, 0.1) is 18.0 Å². The molecule has 5 nitrogen and oxygen atoms in total. The zero-order valence-corrected chi connectivity index (χ0v) is 18.1. The predicted molar refractivity (Wildman–Crippen MR) is 125 cm³/mol. The van der Waals surface area contributed by atoms with Crippen molar-refractivity contribution in [2.45, 2.75) is 39.7 Å². The number of amides is 1. The number of benzene rings is 2. The monoisotopic (exact) mass is 413 g/mol. The minimum atomic E-state index is -0.444. The molecule has 158 valence electrons. The fourth-order valence-electron chi connectivity index (χ4n) is 4.11. The van der Waals surface area contributed by atoms with Gasteiger partial charge >= 0.3 is 0 Å². The highest BCUT2D eigenvalue weighted by molar-refractivity contribution is 5.98. The maximum atomic E-state index is 12.7. The molecule has 1 amide bonds. The second-order valence-corrected chi connectivity index (χ2v) is 8.17. The number of rotatable bonds is 7. The van der Waals surface area contributed by atoms with Gasteiger partial charge in [-0.2, -0.15) is 0 Å². The standard InChI is InChI=1S/C26H27N3O2/c1-4-16(2)25(17(3)30)29-24(31)14-20-15-28-23-11-10-19(13-22(20)23)21-9-5-7-18-8-6-12-27-26(18)21/h5-13,15-16,25,28H,4,14H2,1-3H3,(H,29,31)/t16-,25-/m0/s1. The first-order chi connectivity index (χ1) is 15.0. The number of nitrogens with zero attached hydrogens (tertiary/aromatic N) is 1. The van der Waals surface area contributed by atoms with Gasteiger partial charge in [0.25, 0.3) is 0 Å². The lowest BCUT2D eigenvalue weighted by molar-refractivity contribution is -0.127. The van der Waals surface area contributed by atoms with Crippen molar-refractivity contribution in [3.8, 4) is 11.1 Å². The van der Waals surface area contributed by atoms with E-state index in [0.29, 0.717) is 0 Å². The molecule has 0 aliphatic heterocycles. The molecule has 0 aliphatic carbocycles. The quantitative estimate of drug-likeness (QED) is 0.445. The minimum absolute atomic E-state index is 0.00707. The minimum Gasteiger partial charge on any atom is -0.361 e. The third kappa shape index (κ3) is 4.22. The van der Waals surface area contributed by atoms with Crippen LogP contribution in [0.5, 0.6) is 0 Å². The van der Waals surface area contributed by atoms with Gasteiger partial charge in [-0.3, -0.25) is 14.6 Å². The lowest BCUT2D eigenvalue weighted by Crippen LogP contribution is -2.44. The summed E-state index contributed by atoms with van der Waals surface area (Å²) in [4.78, 5) is 32.5. The Hall–Kier alpha value is -3.47. The molecule has 4 rings (SSSR count). The first kappa shape index (κ1) is 20.8.